The van der Waals surface area contributed by atoms with Crippen molar-refractivity contribution in [3.8, 4) is 0 Å². The summed E-state index contributed by atoms with van der Waals surface area (Å²) >= 11 is 1.24. The molecule has 3 aromatic rings. The van der Waals surface area contributed by atoms with E-state index in [0.29, 0.717) is 10.9 Å². The highest BCUT2D eigenvalue weighted by Gasteiger charge is 2.12. The molecular formula is C13H9F2N5S. The normalized spacial score (nSPS) is 11.3. The highest BCUT2D eigenvalue weighted by atomic mass is 32.1. The van der Waals surface area contributed by atoms with Crippen molar-refractivity contribution in [2.24, 2.45) is 5.10 Å². The summed E-state index contributed by atoms with van der Waals surface area (Å²) in [6.45, 7) is 0. The Kier molecular flexibility index (Phi) is 3.44. The molecule has 0 aliphatic rings. The van der Waals surface area contributed by atoms with Gasteiger partial charge in [0.2, 0.25) is 5.13 Å². The summed E-state index contributed by atoms with van der Waals surface area (Å²) in [6.07, 6.45) is 2.54. The molecule has 0 amide bonds. The third kappa shape index (κ3) is 2.65. The first kappa shape index (κ1) is 13.4. The summed E-state index contributed by atoms with van der Waals surface area (Å²) in [5.74, 6) is -1.09. The summed E-state index contributed by atoms with van der Waals surface area (Å²) in [6, 6.07) is 4.28. The first-order chi connectivity index (χ1) is 10.1. The summed E-state index contributed by atoms with van der Waals surface area (Å²) in [5.41, 5.74) is 8.03. The van der Waals surface area contributed by atoms with Crippen LogP contribution < -0.4 is 11.2 Å². The molecule has 0 radical (unpaired) electrons. The number of halogens is 2. The van der Waals surface area contributed by atoms with Crippen LogP contribution in [0.15, 0.2) is 34.9 Å². The fourth-order valence-electron chi connectivity index (χ4n) is 1.77. The van der Waals surface area contributed by atoms with Gasteiger partial charge in [0, 0.05) is 23.0 Å². The Morgan fingerprint density at radius 2 is 2.24 bits per heavy atom. The van der Waals surface area contributed by atoms with Crippen LogP contribution in [0.1, 0.15) is 5.56 Å². The Hall–Kier alpha value is -2.61. The molecule has 21 heavy (non-hydrogen) atoms. The molecule has 2 aromatic heterocycles. The maximum atomic E-state index is 14.2. The van der Waals surface area contributed by atoms with Gasteiger partial charge in [-0.05, 0) is 12.1 Å². The Balaban J connectivity index is 1.93. The fourth-order valence-corrected chi connectivity index (χ4v) is 2.32. The van der Waals surface area contributed by atoms with E-state index >= 15 is 0 Å². The lowest BCUT2D eigenvalue weighted by Gasteiger charge is -2.03. The van der Waals surface area contributed by atoms with Crippen molar-refractivity contribution in [1.29, 1.82) is 0 Å². The lowest BCUT2D eigenvalue weighted by atomic mass is 10.1. The molecule has 0 spiro atoms. The molecular weight excluding hydrogens is 296 g/mol. The minimum absolute atomic E-state index is 0.235. The van der Waals surface area contributed by atoms with Crippen LogP contribution in [0.4, 0.5) is 19.7 Å². The predicted molar refractivity (Wildman–Crippen MR) is 79.4 cm³/mol. The Morgan fingerprint density at radius 3 is 3.00 bits per heavy atom. The topological polar surface area (TPSA) is 76.2 Å². The van der Waals surface area contributed by atoms with Crippen molar-refractivity contribution >= 4 is 39.4 Å². The SMILES string of the molecule is Nc1csc(NN=Cc2c(F)cc3ncccc3c2F)n1. The first-order valence-corrected chi connectivity index (χ1v) is 6.76. The lowest BCUT2D eigenvalue weighted by Crippen LogP contribution is -1.99. The summed E-state index contributed by atoms with van der Waals surface area (Å²) in [4.78, 5) is 7.82. The standard InChI is InChI=1S/C13H9F2N5S/c14-9-4-10-7(2-1-3-17-10)12(15)8(9)5-18-20-13-19-11(16)6-21-13/h1-6H,16H2,(H,19,20). The molecule has 0 saturated carbocycles. The highest BCUT2D eigenvalue weighted by Crippen LogP contribution is 2.21. The molecule has 5 nitrogen and oxygen atoms in total. The summed E-state index contributed by atoms with van der Waals surface area (Å²) < 4.78 is 28.1. The van der Waals surface area contributed by atoms with E-state index in [1.165, 1.54) is 29.7 Å². The van der Waals surface area contributed by atoms with Gasteiger partial charge >= 0.3 is 0 Å². The number of fused-ring (bicyclic) bond motifs is 1. The number of rotatable bonds is 3. The monoisotopic (exact) mass is 305 g/mol. The number of benzene rings is 1. The van der Waals surface area contributed by atoms with Crippen LogP contribution in [0.2, 0.25) is 0 Å². The van der Waals surface area contributed by atoms with Crippen LogP contribution in [0, 0.1) is 11.6 Å². The lowest BCUT2D eigenvalue weighted by molar-refractivity contribution is 0.588. The number of nitrogens with zero attached hydrogens (tertiary/aromatic N) is 3. The van der Waals surface area contributed by atoms with E-state index in [4.69, 9.17) is 5.73 Å². The number of hydrogen-bond acceptors (Lipinski definition) is 6. The van der Waals surface area contributed by atoms with Gasteiger partial charge in [0.25, 0.3) is 0 Å². The average Bonchev–Trinajstić information content (AvgIpc) is 2.88. The van der Waals surface area contributed by atoms with Gasteiger partial charge in [-0.2, -0.15) is 5.10 Å². The van der Waals surface area contributed by atoms with Crippen molar-refractivity contribution in [2.45, 2.75) is 0 Å². The predicted octanol–water partition coefficient (Wildman–Crippen LogP) is 3.00. The van der Waals surface area contributed by atoms with Crippen LogP contribution >= 0.6 is 11.3 Å². The van der Waals surface area contributed by atoms with Gasteiger partial charge in [-0.25, -0.2) is 13.8 Å². The molecule has 0 aliphatic carbocycles. The zero-order valence-electron chi connectivity index (χ0n) is 10.5. The third-order valence-electron chi connectivity index (χ3n) is 2.71. The van der Waals surface area contributed by atoms with Gasteiger partial charge in [-0.3, -0.25) is 10.4 Å². The first-order valence-electron chi connectivity index (χ1n) is 5.88. The number of thiazole rings is 1. The molecule has 3 N–H and O–H groups in total. The summed E-state index contributed by atoms with van der Waals surface area (Å²) in [7, 11) is 0. The highest BCUT2D eigenvalue weighted by molar-refractivity contribution is 7.14. The van der Waals surface area contributed by atoms with Crippen LogP contribution in [0.3, 0.4) is 0 Å². The Morgan fingerprint density at radius 1 is 1.38 bits per heavy atom. The number of hydrogen-bond donors (Lipinski definition) is 2. The molecule has 3 rings (SSSR count). The quantitative estimate of drug-likeness (QED) is 0.576. The van der Waals surface area contributed by atoms with Crippen LogP contribution in [0.25, 0.3) is 10.9 Å². The molecule has 8 heteroatoms. The fraction of sp³-hybridized carbons (Fsp3) is 0. The minimum Gasteiger partial charge on any atom is -0.383 e. The van der Waals surface area contributed by atoms with Gasteiger partial charge in [0.05, 0.1) is 17.3 Å². The maximum Gasteiger partial charge on any atom is 0.205 e. The molecule has 0 fully saturated rings. The minimum atomic E-state index is -0.733. The average molecular weight is 305 g/mol. The second kappa shape index (κ2) is 5.41. The second-order valence-corrected chi connectivity index (χ2v) is 4.96. The van der Waals surface area contributed by atoms with Crippen molar-refractivity contribution in [3.63, 3.8) is 0 Å². The largest absolute Gasteiger partial charge is 0.383 e. The van der Waals surface area contributed by atoms with E-state index in [9.17, 15) is 8.78 Å². The van der Waals surface area contributed by atoms with E-state index in [-0.39, 0.29) is 16.5 Å². The molecule has 0 atom stereocenters. The zero-order chi connectivity index (χ0) is 14.8. The number of aromatic nitrogens is 2. The number of nitrogens with two attached hydrogens (primary N) is 1. The van der Waals surface area contributed by atoms with Crippen molar-refractivity contribution in [2.75, 3.05) is 11.2 Å². The molecule has 0 saturated heterocycles. The van der Waals surface area contributed by atoms with Gasteiger partial charge < -0.3 is 5.73 Å². The van der Waals surface area contributed by atoms with E-state index in [2.05, 4.69) is 20.5 Å². The number of hydrazone groups is 1. The smallest absolute Gasteiger partial charge is 0.205 e. The molecule has 106 valence electrons. The van der Waals surface area contributed by atoms with Gasteiger partial charge in [0.1, 0.15) is 17.5 Å². The number of nitrogen functional groups attached to an aromatic ring is 1. The Bertz CT molecular complexity index is 831. The van der Waals surface area contributed by atoms with Crippen molar-refractivity contribution < 1.29 is 8.78 Å². The van der Waals surface area contributed by atoms with Gasteiger partial charge in [-0.1, -0.05) is 0 Å². The molecule has 0 unspecified atom stereocenters. The van der Waals surface area contributed by atoms with Crippen LogP contribution in [-0.4, -0.2) is 16.2 Å². The number of nitrogens with one attached hydrogen (secondary N) is 1. The second-order valence-electron chi connectivity index (χ2n) is 4.10. The molecule has 2 heterocycles. The number of anilines is 2. The molecule has 0 bridgehead atoms. The Labute approximate surface area is 122 Å². The van der Waals surface area contributed by atoms with Crippen LogP contribution in [0.5, 0.6) is 0 Å². The third-order valence-corrected chi connectivity index (χ3v) is 3.47. The van der Waals surface area contributed by atoms with E-state index < -0.39 is 11.6 Å². The summed E-state index contributed by atoms with van der Waals surface area (Å²) in [5, 5.41) is 6.07. The molecule has 0 aliphatic heterocycles. The van der Waals surface area contributed by atoms with E-state index in [1.807, 2.05) is 0 Å². The van der Waals surface area contributed by atoms with Gasteiger partial charge in [-0.15, -0.1) is 11.3 Å². The van der Waals surface area contributed by atoms with Gasteiger partial charge in [0.15, 0.2) is 0 Å². The van der Waals surface area contributed by atoms with Crippen LogP contribution in [-0.2, 0) is 0 Å². The van der Waals surface area contributed by atoms with E-state index in [1.54, 1.807) is 11.4 Å². The van der Waals surface area contributed by atoms with Crippen molar-refractivity contribution in [1.82, 2.24) is 9.97 Å². The van der Waals surface area contributed by atoms with E-state index in [0.717, 1.165) is 6.21 Å². The maximum absolute atomic E-state index is 14.2. The van der Waals surface area contributed by atoms with Crippen molar-refractivity contribution in [3.05, 3.63) is 47.0 Å². The molecule has 1 aromatic carbocycles. The number of pyridine rings is 1. The zero-order valence-corrected chi connectivity index (χ0v) is 11.4.